The van der Waals surface area contributed by atoms with Gasteiger partial charge < -0.3 is 4.74 Å². The summed E-state index contributed by atoms with van der Waals surface area (Å²) in [5.41, 5.74) is 3.48. The van der Waals surface area contributed by atoms with E-state index in [-0.39, 0.29) is 5.82 Å². The quantitative estimate of drug-likeness (QED) is 0.591. The summed E-state index contributed by atoms with van der Waals surface area (Å²) in [4.78, 5) is 0.306. The van der Waals surface area contributed by atoms with Crippen LogP contribution in [-0.4, -0.2) is 49.3 Å². The first-order chi connectivity index (χ1) is 15.4. The molecule has 0 spiro atoms. The fourth-order valence-electron chi connectivity index (χ4n) is 4.84. The number of halogens is 1. The Morgan fingerprint density at radius 2 is 1.88 bits per heavy atom. The number of fused-ring (bicyclic) bond motifs is 2. The van der Waals surface area contributed by atoms with Crippen molar-refractivity contribution in [2.75, 3.05) is 26.8 Å². The third-order valence-electron chi connectivity index (χ3n) is 6.39. The van der Waals surface area contributed by atoms with E-state index in [1.165, 1.54) is 12.1 Å². The first-order valence-corrected chi connectivity index (χ1v) is 11.9. The van der Waals surface area contributed by atoms with Crippen molar-refractivity contribution < 1.29 is 17.5 Å². The van der Waals surface area contributed by atoms with E-state index < -0.39 is 15.4 Å². The van der Waals surface area contributed by atoms with E-state index in [0.29, 0.717) is 37.4 Å². The normalized spacial score (nSPS) is 21.0. The van der Waals surface area contributed by atoms with Crippen molar-refractivity contribution in [3.05, 3.63) is 83.4 Å². The van der Waals surface area contributed by atoms with Crippen molar-refractivity contribution in [2.45, 2.75) is 17.7 Å². The lowest BCUT2D eigenvalue weighted by Crippen LogP contribution is -2.51. The van der Waals surface area contributed by atoms with Gasteiger partial charge in [0.1, 0.15) is 5.82 Å². The number of ether oxygens (including phenoxy) is 1. The van der Waals surface area contributed by atoms with Gasteiger partial charge in [0.2, 0.25) is 10.0 Å². The van der Waals surface area contributed by atoms with Crippen LogP contribution in [0.15, 0.2) is 71.3 Å². The highest BCUT2D eigenvalue weighted by Gasteiger charge is 2.46. The largest absolute Gasteiger partial charge is 0.384 e. The van der Waals surface area contributed by atoms with E-state index in [0.717, 1.165) is 22.5 Å². The minimum atomic E-state index is -3.59. The van der Waals surface area contributed by atoms with E-state index in [1.807, 2.05) is 16.9 Å². The van der Waals surface area contributed by atoms with Crippen molar-refractivity contribution in [1.82, 2.24) is 14.1 Å². The molecule has 1 aliphatic carbocycles. The molecule has 1 aromatic heterocycles. The molecule has 0 radical (unpaired) electrons. The molecule has 2 aromatic carbocycles. The predicted octanol–water partition coefficient (Wildman–Crippen LogP) is 3.68. The number of nitrogens with zero attached hydrogens (tertiary/aromatic N) is 3. The molecule has 32 heavy (non-hydrogen) atoms. The number of benzene rings is 2. The molecule has 5 rings (SSSR count). The Hall–Kier alpha value is -2.81. The Kier molecular flexibility index (Phi) is 5.23. The molecule has 0 amide bonds. The minimum Gasteiger partial charge on any atom is -0.384 e. The molecule has 1 unspecified atom stereocenters. The average molecular weight is 454 g/mol. The van der Waals surface area contributed by atoms with Gasteiger partial charge in [-0.1, -0.05) is 23.8 Å². The van der Waals surface area contributed by atoms with Crippen LogP contribution in [0.5, 0.6) is 0 Å². The smallest absolute Gasteiger partial charge is 0.243 e. The molecule has 166 valence electrons. The van der Waals surface area contributed by atoms with Crippen LogP contribution < -0.4 is 0 Å². The zero-order valence-corrected chi connectivity index (χ0v) is 18.6. The van der Waals surface area contributed by atoms with Crippen LogP contribution in [-0.2, 0) is 21.2 Å². The van der Waals surface area contributed by atoms with E-state index in [9.17, 15) is 12.8 Å². The van der Waals surface area contributed by atoms with Gasteiger partial charge in [-0.15, -0.1) is 0 Å². The molecule has 0 N–H and O–H groups in total. The first kappa shape index (κ1) is 21.1. The van der Waals surface area contributed by atoms with Gasteiger partial charge in [0, 0.05) is 25.6 Å². The molecule has 0 saturated carbocycles. The van der Waals surface area contributed by atoms with Gasteiger partial charge in [0.25, 0.3) is 0 Å². The summed E-state index contributed by atoms with van der Waals surface area (Å²) < 4.78 is 48.9. The number of piperidine rings is 1. The molecule has 0 bridgehead atoms. The molecule has 2 aliphatic rings. The summed E-state index contributed by atoms with van der Waals surface area (Å²) in [6.45, 7) is 1.18. The lowest BCUT2D eigenvalue weighted by molar-refractivity contribution is 0.0733. The molecule has 1 aliphatic heterocycles. The van der Waals surface area contributed by atoms with Crippen LogP contribution in [0.1, 0.15) is 17.7 Å². The Labute approximate surface area is 187 Å². The molecule has 1 atom stereocenters. The summed E-state index contributed by atoms with van der Waals surface area (Å²) in [5, 5.41) is 4.54. The van der Waals surface area contributed by atoms with Gasteiger partial charge >= 0.3 is 0 Å². The number of aromatic nitrogens is 2. The highest BCUT2D eigenvalue weighted by Crippen LogP contribution is 2.45. The van der Waals surface area contributed by atoms with Crippen molar-refractivity contribution in [2.24, 2.45) is 5.41 Å². The highest BCUT2D eigenvalue weighted by atomic mass is 32.2. The van der Waals surface area contributed by atoms with E-state index >= 15 is 0 Å². The number of hydrogen-bond donors (Lipinski definition) is 0. The molecule has 8 heteroatoms. The zero-order chi connectivity index (χ0) is 22.3. The number of hydrogen-bond acceptors (Lipinski definition) is 4. The fourth-order valence-corrected chi connectivity index (χ4v) is 6.38. The summed E-state index contributed by atoms with van der Waals surface area (Å²) in [7, 11) is -1.95. The van der Waals surface area contributed by atoms with Gasteiger partial charge in [0.05, 0.1) is 29.1 Å². The van der Waals surface area contributed by atoms with E-state index in [2.05, 4.69) is 11.2 Å². The number of rotatable bonds is 5. The van der Waals surface area contributed by atoms with Gasteiger partial charge in [0.15, 0.2) is 0 Å². The summed E-state index contributed by atoms with van der Waals surface area (Å²) >= 11 is 0. The highest BCUT2D eigenvalue weighted by molar-refractivity contribution is 7.89. The third kappa shape index (κ3) is 3.48. The van der Waals surface area contributed by atoms with Crippen LogP contribution in [0, 0.1) is 11.2 Å². The second-order valence-electron chi connectivity index (χ2n) is 8.40. The van der Waals surface area contributed by atoms with Crippen molar-refractivity contribution in [3.63, 3.8) is 0 Å². The number of methoxy groups -OCH3 is 1. The molecule has 6 nitrogen and oxygen atoms in total. The SMILES string of the molecule is COCC12Cc3cnn(-c4ccc(F)cc4)c3C=C1CCN(S(=O)(=O)c1ccccc1)C2. The first-order valence-electron chi connectivity index (χ1n) is 10.5. The summed E-state index contributed by atoms with van der Waals surface area (Å²) in [6.07, 6.45) is 5.17. The van der Waals surface area contributed by atoms with Crippen molar-refractivity contribution in [3.8, 4) is 5.69 Å². The lowest BCUT2D eigenvalue weighted by atomic mass is 9.69. The molecule has 1 fully saturated rings. The monoisotopic (exact) mass is 453 g/mol. The second kappa shape index (κ2) is 7.95. The maximum atomic E-state index is 13.4. The Morgan fingerprint density at radius 1 is 1.12 bits per heavy atom. The fraction of sp³-hybridized carbons (Fsp3) is 0.292. The Morgan fingerprint density at radius 3 is 2.59 bits per heavy atom. The van der Waals surface area contributed by atoms with Crippen molar-refractivity contribution >= 4 is 16.1 Å². The standard InChI is InChI=1S/C24H24FN3O3S/c1-31-17-24-14-18-15-26-28(21-9-7-20(25)8-10-21)23(18)13-19(24)11-12-27(16-24)32(29,30)22-5-3-2-4-6-22/h2-10,13,15H,11-12,14,16-17H2,1H3. The Bertz CT molecular complexity index is 1270. The van der Waals surface area contributed by atoms with Crippen molar-refractivity contribution in [1.29, 1.82) is 0 Å². The molecule has 1 saturated heterocycles. The van der Waals surface area contributed by atoms with Crippen LogP contribution in [0.3, 0.4) is 0 Å². The molecular weight excluding hydrogens is 429 g/mol. The van der Waals surface area contributed by atoms with Gasteiger partial charge in [-0.2, -0.15) is 9.40 Å². The van der Waals surface area contributed by atoms with Crippen LogP contribution in [0.25, 0.3) is 11.8 Å². The van der Waals surface area contributed by atoms with Crippen LogP contribution in [0.4, 0.5) is 4.39 Å². The number of sulfonamides is 1. The zero-order valence-electron chi connectivity index (χ0n) is 17.7. The predicted molar refractivity (Wildman–Crippen MR) is 119 cm³/mol. The van der Waals surface area contributed by atoms with Crippen LogP contribution >= 0.6 is 0 Å². The lowest BCUT2D eigenvalue weighted by Gasteiger charge is -2.45. The second-order valence-corrected chi connectivity index (χ2v) is 10.3. The van der Waals surface area contributed by atoms with Gasteiger partial charge in [-0.05, 0) is 60.9 Å². The molecule has 3 aromatic rings. The minimum absolute atomic E-state index is 0.292. The maximum absolute atomic E-state index is 13.4. The average Bonchev–Trinajstić information content (AvgIpc) is 3.20. The van der Waals surface area contributed by atoms with E-state index in [1.54, 1.807) is 47.8 Å². The topological polar surface area (TPSA) is 64.4 Å². The van der Waals surface area contributed by atoms with Crippen LogP contribution in [0.2, 0.25) is 0 Å². The van der Waals surface area contributed by atoms with E-state index in [4.69, 9.17) is 4.74 Å². The summed E-state index contributed by atoms with van der Waals surface area (Å²) in [5.74, 6) is -0.292. The maximum Gasteiger partial charge on any atom is 0.243 e. The molecular formula is C24H24FN3O3S. The molecule has 2 heterocycles. The third-order valence-corrected chi connectivity index (χ3v) is 8.25. The van der Waals surface area contributed by atoms with Gasteiger partial charge in [-0.3, -0.25) is 0 Å². The van der Waals surface area contributed by atoms with Gasteiger partial charge in [-0.25, -0.2) is 17.5 Å². The summed E-state index contributed by atoms with van der Waals surface area (Å²) in [6, 6.07) is 14.8. The Balaban J connectivity index is 1.51.